The van der Waals surface area contributed by atoms with Crippen LogP contribution in [-0.4, -0.2) is 54.3 Å². The number of hydrogen-bond acceptors (Lipinski definition) is 7. The summed E-state index contributed by atoms with van der Waals surface area (Å²) < 4.78 is 24.9. The van der Waals surface area contributed by atoms with E-state index < -0.39 is 10.0 Å². The Morgan fingerprint density at radius 1 is 1.46 bits per heavy atom. The molecule has 0 saturated carbocycles. The van der Waals surface area contributed by atoms with Crippen LogP contribution < -0.4 is 11.1 Å². The van der Waals surface area contributed by atoms with E-state index in [1.165, 1.54) is 6.26 Å². The average molecular weight is 374 g/mol. The van der Waals surface area contributed by atoms with Gasteiger partial charge in [-0.25, -0.2) is 22.7 Å². The lowest BCUT2D eigenvalue weighted by Gasteiger charge is -2.31. The van der Waals surface area contributed by atoms with E-state index in [9.17, 15) is 8.42 Å². The fourth-order valence-electron chi connectivity index (χ4n) is 2.65. The number of hydrogen-bond donors (Lipinski definition) is 2. The zero-order valence-electron chi connectivity index (χ0n) is 14.4. The van der Waals surface area contributed by atoms with Crippen LogP contribution in [0.4, 0.5) is 11.6 Å². The number of piperidine rings is 1. The fourth-order valence-corrected chi connectivity index (χ4v) is 4.54. The Morgan fingerprint density at radius 3 is 2.96 bits per heavy atom. The molecule has 1 aliphatic heterocycles. The first-order valence-corrected chi connectivity index (χ1v) is 11.2. The normalized spacial score (nSPS) is 19.3. The smallest absolute Gasteiger partial charge is 0.211 e. The summed E-state index contributed by atoms with van der Waals surface area (Å²) in [5.74, 6) is 2.41. The summed E-state index contributed by atoms with van der Waals surface area (Å²) in [5.41, 5.74) is 5.86. The van der Waals surface area contributed by atoms with Crippen LogP contribution in [0.1, 0.15) is 32.6 Å². The molecule has 0 spiro atoms. The topological polar surface area (TPSA) is 101 Å². The van der Waals surface area contributed by atoms with Crippen molar-refractivity contribution in [2.45, 2.75) is 37.8 Å². The lowest BCUT2D eigenvalue weighted by atomic mass is 10.00. The number of rotatable bonds is 8. The number of nitrogens with zero attached hydrogens (tertiary/aromatic N) is 3. The molecule has 0 aromatic carbocycles. The molecule has 0 amide bonds. The van der Waals surface area contributed by atoms with E-state index in [2.05, 4.69) is 22.2 Å². The molecular formula is C15H27N5O2S2. The summed E-state index contributed by atoms with van der Waals surface area (Å²) in [5, 5.41) is 3.98. The van der Waals surface area contributed by atoms with E-state index in [1.54, 1.807) is 22.1 Å². The zero-order valence-corrected chi connectivity index (χ0v) is 16.0. The van der Waals surface area contributed by atoms with Gasteiger partial charge in [-0.2, -0.15) is 0 Å². The Labute approximate surface area is 148 Å². The summed E-state index contributed by atoms with van der Waals surface area (Å²) in [7, 11) is -3.11. The molecule has 1 unspecified atom stereocenters. The van der Waals surface area contributed by atoms with Crippen LogP contribution in [0.2, 0.25) is 0 Å². The molecule has 1 fully saturated rings. The standard InChI is InChI=1S/C15H27N5O2S2/c1-3-4-8-23-15-18-13(16)9-14(19-15)17-10-12-6-5-7-20(11-12)24(2,21)22/h9,12H,3-8,10-11H2,1-2H3,(H3,16,17,18,19). The maximum Gasteiger partial charge on any atom is 0.211 e. The average Bonchev–Trinajstić information content (AvgIpc) is 2.52. The number of nitrogens with one attached hydrogen (secondary N) is 1. The lowest BCUT2D eigenvalue weighted by molar-refractivity contribution is 0.276. The minimum atomic E-state index is -3.11. The Balaban J connectivity index is 1.91. The highest BCUT2D eigenvalue weighted by atomic mass is 32.2. The molecule has 0 aliphatic carbocycles. The molecular weight excluding hydrogens is 346 g/mol. The largest absolute Gasteiger partial charge is 0.383 e. The molecule has 1 atom stereocenters. The van der Waals surface area contributed by atoms with Crippen molar-refractivity contribution in [1.82, 2.24) is 14.3 Å². The predicted molar refractivity (Wildman–Crippen MR) is 99.7 cm³/mol. The van der Waals surface area contributed by atoms with E-state index in [0.717, 1.165) is 31.4 Å². The van der Waals surface area contributed by atoms with E-state index in [4.69, 9.17) is 5.73 Å². The highest BCUT2D eigenvalue weighted by molar-refractivity contribution is 7.99. The molecule has 1 aromatic heterocycles. The second-order valence-electron chi connectivity index (χ2n) is 6.17. The number of nitrogen functional groups attached to an aromatic ring is 1. The maximum absolute atomic E-state index is 11.7. The van der Waals surface area contributed by atoms with Gasteiger partial charge in [-0.1, -0.05) is 25.1 Å². The van der Waals surface area contributed by atoms with Gasteiger partial charge in [-0.05, 0) is 25.2 Å². The van der Waals surface area contributed by atoms with Crippen LogP contribution in [0.15, 0.2) is 11.2 Å². The number of sulfonamides is 1. The molecule has 0 bridgehead atoms. The van der Waals surface area contributed by atoms with Gasteiger partial charge in [0.25, 0.3) is 0 Å². The highest BCUT2D eigenvalue weighted by Gasteiger charge is 2.25. The molecule has 1 aliphatic rings. The zero-order chi connectivity index (χ0) is 17.6. The Bertz CT molecular complexity index is 639. The van der Waals surface area contributed by atoms with Crippen LogP contribution in [-0.2, 0) is 10.0 Å². The molecule has 24 heavy (non-hydrogen) atoms. The van der Waals surface area contributed by atoms with Gasteiger partial charge in [0.2, 0.25) is 10.0 Å². The van der Waals surface area contributed by atoms with Gasteiger partial charge in [0.15, 0.2) is 5.16 Å². The second kappa shape index (κ2) is 8.87. The summed E-state index contributed by atoms with van der Waals surface area (Å²) in [6.45, 7) is 4.01. The number of nitrogens with two attached hydrogens (primary N) is 1. The Kier molecular flexibility index (Phi) is 7.12. The van der Waals surface area contributed by atoms with E-state index in [1.807, 2.05) is 0 Å². The van der Waals surface area contributed by atoms with Gasteiger partial charge in [0, 0.05) is 31.5 Å². The minimum absolute atomic E-state index is 0.279. The molecule has 7 nitrogen and oxygen atoms in total. The first-order valence-electron chi connectivity index (χ1n) is 8.35. The van der Waals surface area contributed by atoms with Crippen LogP contribution >= 0.6 is 11.8 Å². The van der Waals surface area contributed by atoms with Crippen molar-refractivity contribution in [3.8, 4) is 0 Å². The van der Waals surface area contributed by atoms with Crippen LogP contribution in [0.5, 0.6) is 0 Å². The summed E-state index contributed by atoms with van der Waals surface area (Å²) >= 11 is 1.61. The summed E-state index contributed by atoms with van der Waals surface area (Å²) in [6.07, 6.45) is 5.43. The van der Waals surface area contributed by atoms with Crippen molar-refractivity contribution in [2.24, 2.45) is 5.92 Å². The third kappa shape index (κ3) is 6.10. The van der Waals surface area contributed by atoms with Crippen molar-refractivity contribution in [2.75, 3.05) is 42.7 Å². The molecule has 0 radical (unpaired) electrons. The summed E-state index contributed by atoms with van der Waals surface area (Å²) in [6, 6.07) is 1.72. The molecule has 1 aromatic rings. The van der Waals surface area contributed by atoms with Crippen molar-refractivity contribution in [3.63, 3.8) is 0 Å². The van der Waals surface area contributed by atoms with E-state index >= 15 is 0 Å². The molecule has 2 heterocycles. The SMILES string of the molecule is CCCCSc1nc(N)cc(NCC2CCCN(S(C)(=O)=O)C2)n1. The first kappa shape index (κ1) is 19.3. The monoisotopic (exact) mass is 373 g/mol. The third-order valence-electron chi connectivity index (χ3n) is 3.98. The third-order valence-corrected chi connectivity index (χ3v) is 6.18. The van der Waals surface area contributed by atoms with E-state index in [-0.39, 0.29) is 5.92 Å². The molecule has 3 N–H and O–H groups in total. The van der Waals surface area contributed by atoms with Crippen molar-refractivity contribution >= 4 is 33.4 Å². The van der Waals surface area contributed by atoms with Crippen LogP contribution in [0.3, 0.4) is 0 Å². The van der Waals surface area contributed by atoms with E-state index in [0.29, 0.717) is 36.4 Å². The van der Waals surface area contributed by atoms with Crippen LogP contribution in [0, 0.1) is 5.92 Å². The predicted octanol–water partition coefficient (Wildman–Crippen LogP) is 2.03. The second-order valence-corrected chi connectivity index (χ2v) is 9.22. The molecule has 9 heteroatoms. The number of anilines is 2. The fraction of sp³-hybridized carbons (Fsp3) is 0.733. The summed E-state index contributed by atoms with van der Waals surface area (Å²) in [4.78, 5) is 8.73. The number of thioether (sulfide) groups is 1. The lowest BCUT2D eigenvalue weighted by Crippen LogP contribution is -2.41. The van der Waals surface area contributed by atoms with Crippen molar-refractivity contribution in [1.29, 1.82) is 0 Å². The van der Waals surface area contributed by atoms with Gasteiger partial charge >= 0.3 is 0 Å². The number of aromatic nitrogens is 2. The van der Waals surface area contributed by atoms with Gasteiger partial charge < -0.3 is 11.1 Å². The molecule has 2 rings (SSSR count). The number of unbranched alkanes of at least 4 members (excludes halogenated alkanes) is 1. The minimum Gasteiger partial charge on any atom is -0.383 e. The Hall–Kier alpha value is -1.06. The quantitative estimate of drug-likeness (QED) is 0.408. The maximum atomic E-state index is 11.7. The molecule has 136 valence electrons. The van der Waals surface area contributed by atoms with Crippen molar-refractivity contribution < 1.29 is 8.42 Å². The van der Waals surface area contributed by atoms with Gasteiger partial charge in [-0.3, -0.25) is 0 Å². The first-order chi connectivity index (χ1) is 11.4. The van der Waals surface area contributed by atoms with Crippen LogP contribution in [0.25, 0.3) is 0 Å². The highest BCUT2D eigenvalue weighted by Crippen LogP contribution is 2.21. The van der Waals surface area contributed by atoms with Gasteiger partial charge in [0.1, 0.15) is 11.6 Å². The molecule has 1 saturated heterocycles. The van der Waals surface area contributed by atoms with Gasteiger partial charge in [-0.15, -0.1) is 0 Å². The van der Waals surface area contributed by atoms with Crippen molar-refractivity contribution in [3.05, 3.63) is 6.07 Å². The Morgan fingerprint density at radius 2 is 2.25 bits per heavy atom. The van der Waals surface area contributed by atoms with Gasteiger partial charge in [0.05, 0.1) is 6.26 Å².